The van der Waals surface area contributed by atoms with Crippen LogP contribution in [-0.4, -0.2) is 57.1 Å². The maximum Gasteiger partial charge on any atom is 0.435 e. The van der Waals surface area contributed by atoms with Crippen molar-refractivity contribution in [2.45, 2.75) is 78.3 Å². The van der Waals surface area contributed by atoms with Crippen LogP contribution < -0.4 is 5.32 Å². The molecule has 1 unspecified atom stereocenters. The predicted molar refractivity (Wildman–Crippen MR) is 139 cm³/mol. The van der Waals surface area contributed by atoms with Gasteiger partial charge >= 0.3 is 18.0 Å². The van der Waals surface area contributed by atoms with E-state index in [1.54, 1.807) is 0 Å². The molecule has 2 aromatic rings. The molecular weight excluding hydrogens is 626 g/mol. The summed E-state index contributed by atoms with van der Waals surface area (Å²) >= 11 is 0. The molecule has 2 aromatic carbocycles. The Morgan fingerprint density at radius 2 is 1.55 bits per heavy atom. The second-order valence-corrected chi connectivity index (χ2v) is 13.8. The standard InChI is InChI=1S/C29H29F8NO5S/c30-19-3-5-20(6-4-19)44(41,42)26-12-9-23(38-25(40)24(39)16-10-13-43-14-11-16)22(26)7-1-17-15-18(2-8-21(17)26)27(31,28(32,33)34)29(35,36)37/h2-6,8,15-16,22-24,39H,1,7,9-14H2,(H,38,40)/t22-,23+,24?,26+/m0/s1. The Labute approximate surface area is 247 Å². The molecule has 242 valence electrons. The molecule has 4 atom stereocenters. The second kappa shape index (κ2) is 11.2. The Balaban J connectivity index is 1.59. The Morgan fingerprint density at radius 1 is 0.932 bits per heavy atom. The van der Waals surface area contributed by atoms with Crippen molar-refractivity contribution in [1.29, 1.82) is 0 Å². The minimum atomic E-state index is -6.36. The summed E-state index contributed by atoms with van der Waals surface area (Å²) in [6.07, 6.45) is -13.8. The topological polar surface area (TPSA) is 92.7 Å². The van der Waals surface area contributed by atoms with E-state index in [0.29, 0.717) is 38.2 Å². The molecule has 0 radical (unpaired) electrons. The van der Waals surface area contributed by atoms with Gasteiger partial charge in [0.15, 0.2) is 9.84 Å². The maximum absolute atomic E-state index is 15.0. The first-order valence-electron chi connectivity index (χ1n) is 14.0. The Bertz CT molecular complexity index is 1490. The van der Waals surface area contributed by atoms with Crippen LogP contribution in [0.3, 0.4) is 0 Å². The van der Waals surface area contributed by atoms with Gasteiger partial charge in [-0.25, -0.2) is 17.2 Å². The Morgan fingerprint density at radius 3 is 2.14 bits per heavy atom. The zero-order valence-corrected chi connectivity index (χ0v) is 23.8. The van der Waals surface area contributed by atoms with Crippen molar-refractivity contribution < 1.29 is 58.2 Å². The molecule has 2 fully saturated rings. The van der Waals surface area contributed by atoms with Gasteiger partial charge in [0.1, 0.15) is 16.7 Å². The van der Waals surface area contributed by atoms with E-state index in [1.165, 1.54) is 0 Å². The third-order valence-corrected chi connectivity index (χ3v) is 11.9. The minimum absolute atomic E-state index is 0.0384. The van der Waals surface area contributed by atoms with Crippen LogP contribution >= 0.6 is 0 Å². The van der Waals surface area contributed by atoms with Crippen molar-refractivity contribution in [3.63, 3.8) is 0 Å². The molecule has 1 aliphatic heterocycles. The fourth-order valence-electron chi connectivity index (χ4n) is 7.07. The third kappa shape index (κ3) is 5.08. The number of alkyl halides is 7. The lowest BCUT2D eigenvalue weighted by Gasteiger charge is -2.43. The monoisotopic (exact) mass is 655 g/mol. The molecule has 1 saturated heterocycles. The average molecular weight is 656 g/mol. The number of halogens is 8. The van der Waals surface area contributed by atoms with Crippen molar-refractivity contribution >= 4 is 15.7 Å². The first kappa shape index (κ1) is 32.6. The van der Waals surface area contributed by atoms with Gasteiger partial charge in [-0.05, 0) is 79.8 Å². The molecule has 0 bridgehead atoms. The van der Waals surface area contributed by atoms with Crippen molar-refractivity contribution in [3.05, 3.63) is 65.0 Å². The highest BCUT2D eigenvalue weighted by atomic mass is 32.2. The van der Waals surface area contributed by atoms with Crippen molar-refractivity contribution in [2.75, 3.05) is 13.2 Å². The predicted octanol–water partition coefficient (Wildman–Crippen LogP) is 5.41. The van der Waals surface area contributed by atoms with Crippen LogP contribution in [0.2, 0.25) is 0 Å². The van der Waals surface area contributed by atoms with Gasteiger partial charge < -0.3 is 15.2 Å². The summed E-state index contributed by atoms with van der Waals surface area (Å²) in [6, 6.07) is 4.44. The normalized spacial score (nSPS) is 25.7. The smallest absolute Gasteiger partial charge is 0.383 e. The van der Waals surface area contributed by atoms with Crippen LogP contribution in [0.4, 0.5) is 35.1 Å². The zero-order chi connectivity index (χ0) is 32.3. The molecular formula is C29H29F8NO5S. The zero-order valence-electron chi connectivity index (χ0n) is 23.0. The van der Waals surface area contributed by atoms with E-state index < -0.39 is 73.9 Å². The second-order valence-electron chi connectivity index (χ2n) is 11.6. The number of benzene rings is 2. The summed E-state index contributed by atoms with van der Waals surface area (Å²) in [6.45, 7) is 0.698. The molecule has 6 nitrogen and oxygen atoms in total. The lowest BCUT2D eigenvalue weighted by molar-refractivity contribution is -0.348. The van der Waals surface area contributed by atoms with E-state index in [0.717, 1.165) is 30.3 Å². The average Bonchev–Trinajstić information content (AvgIpc) is 3.35. The number of aliphatic hydroxyl groups is 1. The summed E-state index contributed by atoms with van der Waals surface area (Å²) in [4.78, 5) is 12.7. The van der Waals surface area contributed by atoms with Gasteiger partial charge in [0.2, 0.25) is 5.91 Å². The highest BCUT2D eigenvalue weighted by molar-refractivity contribution is 7.92. The maximum atomic E-state index is 15.0. The van der Waals surface area contributed by atoms with Gasteiger partial charge in [0, 0.05) is 30.7 Å². The van der Waals surface area contributed by atoms with Gasteiger partial charge in [-0.3, -0.25) is 4.79 Å². The number of rotatable bonds is 6. The van der Waals surface area contributed by atoms with Gasteiger partial charge in [-0.1, -0.05) is 18.2 Å². The number of aryl methyl sites for hydroxylation is 1. The van der Waals surface area contributed by atoms with Crippen LogP contribution in [0.5, 0.6) is 0 Å². The molecule has 2 N–H and O–H groups in total. The lowest BCUT2D eigenvalue weighted by Crippen LogP contribution is -2.52. The van der Waals surface area contributed by atoms with Crippen LogP contribution in [0.1, 0.15) is 48.8 Å². The van der Waals surface area contributed by atoms with Crippen LogP contribution in [-0.2, 0) is 36.2 Å². The molecule has 5 rings (SSSR count). The number of carbonyl (C=O) groups excluding carboxylic acids is 1. The molecule has 44 heavy (non-hydrogen) atoms. The van der Waals surface area contributed by atoms with E-state index in [1.807, 2.05) is 0 Å². The number of aliphatic hydroxyl groups excluding tert-OH is 1. The molecule has 1 heterocycles. The molecule has 15 heteroatoms. The van der Waals surface area contributed by atoms with Gasteiger partial charge in [0.05, 0.1) is 4.90 Å². The molecule has 0 aromatic heterocycles. The van der Waals surface area contributed by atoms with Gasteiger partial charge in [-0.2, -0.15) is 26.3 Å². The summed E-state index contributed by atoms with van der Waals surface area (Å²) in [5.41, 5.74) is -7.77. The number of hydrogen-bond acceptors (Lipinski definition) is 5. The van der Waals surface area contributed by atoms with E-state index in [9.17, 15) is 53.4 Å². The van der Waals surface area contributed by atoms with Gasteiger partial charge in [-0.15, -0.1) is 0 Å². The number of carbonyl (C=O) groups is 1. The molecule has 1 amide bonds. The van der Waals surface area contributed by atoms with Crippen molar-refractivity contribution in [3.8, 4) is 0 Å². The fourth-order valence-corrected chi connectivity index (χ4v) is 9.54. The molecule has 2 aliphatic carbocycles. The largest absolute Gasteiger partial charge is 0.435 e. The van der Waals surface area contributed by atoms with E-state index in [-0.39, 0.29) is 41.7 Å². The highest BCUT2D eigenvalue weighted by Crippen LogP contribution is 2.59. The van der Waals surface area contributed by atoms with Crippen LogP contribution in [0.25, 0.3) is 0 Å². The number of hydrogen-bond donors (Lipinski definition) is 2. The molecule has 1 saturated carbocycles. The lowest BCUT2D eigenvalue weighted by atomic mass is 9.73. The van der Waals surface area contributed by atoms with Crippen LogP contribution in [0.15, 0.2) is 47.4 Å². The molecule has 0 spiro atoms. The van der Waals surface area contributed by atoms with Crippen molar-refractivity contribution in [2.24, 2.45) is 11.8 Å². The first-order chi connectivity index (χ1) is 20.4. The SMILES string of the molecule is O=C(N[C@@H]1CC[C@@]2(S(=O)(=O)c3ccc(F)cc3)c3ccc(C(F)(C(F)(F)F)C(F)(F)F)cc3CC[C@@H]12)C(O)C1CCOCC1. The first-order valence-corrected chi connectivity index (χ1v) is 15.5. The van der Waals surface area contributed by atoms with E-state index in [2.05, 4.69) is 5.32 Å². The van der Waals surface area contributed by atoms with Crippen molar-refractivity contribution in [1.82, 2.24) is 5.32 Å². The number of fused-ring (bicyclic) bond motifs is 3. The molecule has 3 aliphatic rings. The fraction of sp³-hybridized carbons (Fsp3) is 0.552. The minimum Gasteiger partial charge on any atom is -0.383 e. The number of sulfone groups is 1. The highest BCUT2D eigenvalue weighted by Gasteiger charge is 2.73. The third-order valence-electron chi connectivity index (χ3n) is 9.29. The Kier molecular flexibility index (Phi) is 8.32. The number of ether oxygens (including phenoxy) is 1. The summed E-state index contributed by atoms with van der Waals surface area (Å²) in [5, 5.41) is 13.4. The van der Waals surface area contributed by atoms with E-state index >= 15 is 0 Å². The number of amides is 1. The quantitative estimate of drug-likeness (QED) is 0.321. The summed E-state index contributed by atoms with van der Waals surface area (Å²) < 4.78 is 142. The van der Waals surface area contributed by atoms with Gasteiger partial charge in [0.25, 0.3) is 0 Å². The Hall–Kier alpha value is -2.78. The van der Waals surface area contributed by atoms with E-state index in [4.69, 9.17) is 4.74 Å². The number of nitrogens with one attached hydrogen (secondary N) is 1. The van der Waals surface area contributed by atoms with Crippen LogP contribution in [0, 0.1) is 17.7 Å². The summed E-state index contributed by atoms with van der Waals surface area (Å²) in [5.74, 6) is -2.81. The summed E-state index contributed by atoms with van der Waals surface area (Å²) in [7, 11) is -4.54.